The molecule has 1 aromatic rings. The smallest absolute Gasteiger partial charge is 0.123 e. The highest BCUT2D eigenvalue weighted by molar-refractivity contribution is 5.35. The molecule has 1 aliphatic carbocycles. The predicted octanol–water partition coefficient (Wildman–Crippen LogP) is 2.50. The van der Waals surface area contributed by atoms with Crippen molar-refractivity contribution in [1.82, 2.24) is 10.2 Å². The second-order valence-corrected chi connectivity index (χ2v) is 5.45. The third kappa shape index (κ3) is 2.06. The quantitative estimate of drug-likeness (QED) is 0.880. The van der Waals surface area contributed by atoms with E-state index >= 15 is 0 Å². The molecule has 18 heavy (non-hydrogen) atoms. The van der Waals surface area contributed by atoms with Crippen LogP contribution in [0, 0.1) is 5.82 Å². The van der Waals surface area contributed by atoms with Gasteiger partial charge in [-0.05, 0) is 49.1 Å². The Hall–Kier alpha value is -0.930. The molecule has 1 atom stereocenters. The zero-order valence-corrected chi connectivity index (χ0v) is 11.0. The predicted molar refractivity (Wildman–Crippen MR) is 71.1 cm³/mol. The van der Waals surface area contributed by atoms with Gasteiger partial charge in [0.25, 0.3) is 0 Å². The van der Waals surface area contributed by atoms with Crippen molar-refractivity contribution in [1.29, 1.82) is 0 Å². The lowest BCUT2D eigenvalue weighted by Crippen LogP contribution is -2.57. The minimum atomic E-state index is -0.0956. The van der Waals surface area contributed by atoms with Crippen LogP contribution in [0.15, 0.2) is 18.2 Å². The van der Waals surface area contributed by atoms with Gasteiger partial charge in [-0.1, -0.05) is 13.0 Å². The Bertz CT molecular complexity index is 429. The fraction of sp³-hybridized carbons (Fsp3) is 0.600. The number of nitrogens with one attached hydrogen (secondary N) is 1. The molecular weight excluding hydrogens is 227 g/mol. The molecule has 0 bridgehead atoms. The molecule has 98 valence electrons. The first-order valence-corrected chi connectivity index (χ1v) is 7.04. The van der Waals surface area contributed by atoms with Gasteiger partial charge in [0.2, 0.25) is 0 Å². The molecule has 1 saturated heterocycles. The molecule has 0 spiro atoms. The maximum absolute atomic E-state index is 13.3. The Kier molecular flexibility index (Phi) is 3.35. The SMILES string of the molecule is CCCN(C1CNC1)C1CCc2cc(F)ccc21. The van der Waals surface area contributed by atoms with Gasteiger partial charge in [0.1, 0.15) is 5.82 Å². The van der Waals surface area contributed by atoms with Crippen LogP contribution in [0.2, 0.25) is 0 Å². The van der Waals surface area contributed by atoms with Crippen LogP contribution >= 0.6 is 0 Å². The summed E-state index contributed by atoms with van der Waals surface area (Å²) in [5.41, 5.74) is 2.57. The van der Waals surface area contributed by atoms with Crippen molar-refractivity contribution >= 4 is 0 Å². The minimum Gasteiger partial charge on any atom is -0.314 e. The Morgan fingerprint density at radius 3 is 2.89 bits per heavy atom. The molecule has 1 aromatic carbocycles. The minimum absolute atomic E-state index is 0.0956. The van der Waals surface area contributed by atoms with Crippen LogP contribution in [0.5, 0.6) is 0 Å². The van der Waals surface area contributed by atoms with Crippen LogP contribution < -0.4 is 5.32 Å². The molecule has 1 N–H and O–H groups in total. The summed E-state index contributed by atoms with van der Waals surface area (Å²) in [5, 5.41) is 3.35. The number of nitrogens with zero attached hydrogens (tertiary/aromatic N) is 1. The molecule has 0 radical (unpaired) electrons. The normalized spacial score (nSPS) is 23.2. The lowest BCUT2D eigenvalue weighted by atomic mass is 10.0. The van der Waals surface area contributed by atoms with Gasteiger partial charge in [0, 0.05) is 25.2 Å². The number of benzene rings is 1. The zero-order valence-electron chi connectivity index (χ0n) is 11.0. The standard InChI is InChI=1S/C15H21FN2/c1-2-7-18(13-9-17-10-13)15-6-3-11-8-12(16)4-5-14(11)15/h4-5,8,13,15,17H,2-3,6-7,9-10H2,1H3. The summed E-state index contributed by atoms with van der Waals surface area (Å²) in [4.78, 5) is 2.63. The van der Waals surface area contributed by atoms with E-state index in [2.05, 4.69) is 17.1 Å². The van der Waals surface area contributed by atoms with Crippen molar-refractivity contribution in [3.63, 3.8) is 0 Å². The summed E-state index contributed by atoms with van der Waals surface area (Å²) in [6.45, 7) is 5.59. The number of aryl methyl sites for hydroxylation is 1. The third-order valence-corrected chi connectivity index (χ3v) is 4.26. The second-order valence-electron chi connectivity index (χ2n) is 5.45. The van der Waals surface area contributed by atoms with Crippen molar-refractivity contribution in [3.8, 4) is 0 Å². The molecule has 1 fully saturated rings. The van der Waals surface area contributed by atoms with Crippen molar-refractivity contribution in [3.05, 3.63) is 35.1 Å². The van der Waals surface area contributed by atoms with Crippen LogP contribution in [0.1, 0.15) is 36.9 Å². The number of fused-ring (bicyclic) bond motifs is 1. The van der Waals surface area contributed by atoms with Gasteiger partial charge in [0.15, 0.2) is 0 Å². The van der Waals surface area contributed by atoms with Crippen molar-refractivity contribution in [2.24, 2.45) is 0 Å². The van der Waals surface area contributed by atoms with E-state index in [1.807, 2.05) is 6.07 Å². The van der Waals surface area contributed by atoms with Crippen LogP contribution in [0.25, 0.3) is 0 Å². The first-order chi connectivity index (χ1) is 8.79. The molecule has 1 aliphatic heterocycles. The number of rotatable bonds is 4. The lowest BCUT2D eigenvalue weighted by molar-refractivity contribution is 0.0944. The van der Waals surface area contributed by atoms with Gasteiger partial charge in [0.05, 0.1) is 0 Å². The molecule has 3 heteroatoms. The Balaban J connectivity index is 1.84. The largest absolute Gasteiger partial charge is 0.314 e. The molecule has 1 heterocycles. The van der Waals surface area contributed by atoms with E-state index in [0.29, 0.717) is 12.1 Å². The summed E-state index contributed by atoms with van der Waals surface area (Å²) in [6.07, 6.45) is 3.36. The molecular formula is C15H21FN2. The van der Waals surface area contributed by atoms with Gasteiger partial charge in [-0.2, -0.15) is 0 Å². The van der Waals surface area contributed by atoms with Gasteiger partial charge < -0.3 is 5.32 Å². The summed E-state index contributed by atoms with van der Waals surface area (Å²) in [5.74, 6) is -0.0956. The number of hydrogen-bond acceptors (Lipinski definition) is 2. The fourth-order valence-corrected chi connectivity index (χ4v) is 3.27. The molecule has 0 amide bonds. The number of halogens is 1. The Morgan fingerprint density at radius 1 is 1.39 bits per heavy atom. The highest BCUT2D eigenvalue weighted by Crippen LogP contribution is 2.37. The molecule has 0 saturated carbocycles. The lowest BCUT2D eigenvalue weighted by Gasteiger charge is -2.42. The molecule has 2 aliphatic rings. The van der Waals surface area contributed by atoms with E-state index in [9.17, 15) is 4.39 Å². The monoisotopic (exact) mass is 248 g/mol. The van der Waals surface area contributed by atoms with E-state index in [-0.39, 0.29) is 5.82 Å². The summed E-state index contributed by atoms with van der Waals surface area (Å²) < 4.78 is 13.3. The highest BCUT2D eigenvalue weighted by Gasteiger charge is 2.34. The second kappa shape index (κ2) is 4.98. The van der Waals surface area contributed by atoms with Crippen LogP contribution in [0.3, 0.4) is 0 Å². The van der Waals surface area contributed by atoms with E-state index < -0.39 is 0 Å². The molecule has 3 rings (SSSR count). The van der Waals surface area contributed by atoms with Gasteiger partial charge in [-0.15, -0.1) is 0 Å². The van der Waals surface area contributed by atoms with Crippen molar-refractivity contribution < 1.29 is 4.39 Å². The molecule has 2 nitrogen and oxygen atoms in total. The maximum atomic E-state index is 13.3. The summed E-state index contributed by atoms with van der Waals surface area (Å²) in [7, 11) is 0. The maximum Gasteiger partial charge on any atom is 0.123 e. The third-order valence-electron chi connectivity index (χ3n) is 4.26. The summed E-state index contributed by atoms with van der Waals surface area (Å²) in [6, 6.07) is 6.51. The van der Waals surface area contributed by atoms with Crippen molar-refractivity contribution in [2.45, 2.75) is 38.3 Å². The van der Waals surface area contributed by atoms with Crippen LogP contribution in [-0.2, 0) is 6.42 Å². The Labute approximate surface area is 108 Å². The molecule has 0 aromatic heterocycles. The van der Waals surface area contributed by atoms with Crippen LogP contribution in [0.4, 0.5) is 4.39 Å². The summed E-state index contributed by atoms with van der Waals surface area (Å²) >= 11 is 0. The topological polar surface area (TPSA) is 15.3 Å². The Morgan fingerprint density at radius 2 is 2.22 bits per heavy atom. The average molecular weight is 248 g/mol. The molecule has 1 unspecified atom stereocenters. The average Bonchev–Trinajstić information content (AvgIpc) is 2.68. The van der Waals surface area contributed by atoms with E-state index in [0.717, 1.165) is 32.5 Å². The van der Waals surface area contributed by atoms with Gasteiger partial charge in [-0.3, -0.25) is 4.90 Å². The van der Waals surface area contributed by atoms with E-state index in [1.165, 1.54) is 17.5 Å². The van der Waals surface area contributed by atoms with E-state index in [4.69, 9.17) is 0 Å². The first kappa shape index (κ1) is 12.1. The fourth-order valence-electron chi connectivity index (χ4n) is 3.27. The van der Waals surface area contributed by atoms with Crippen LogP contribution in [-0.4, -0.2) is 30.6 Å². The highest BCUT2D eigenvalue weighted by atomic mass is 19.1. The van der Waals surface area contributed by atoms with Gasteiger partial charge >= 0.3 is 0 Å². The van der Waals surface area contributed by atoms with E-state index in [1.54, 1.807) is 12.1 Å². The van der Waals surface area contributed by atoms with Crippen molar-refractivity contribution in [2.75, 3.05) is 19.6 Å². The first-order valence-electron chi connectivity index (χ1n) is 7.04. The number of hydrogen-bond donors (Lipinski definition) is 1. The zero-order chi connectivity index (χ0) is 12.5. The van der Waals surface area contributed by atoms with Gasteiger partial charge in [-0.25, -0.2) is 4.39 Å².